The minimum atomic E-state index is -0.0499. The van der Waals surface area contributed by atoms with Crippen molar-refractivity contribution in [3.05, 3.63) is 47.7 Å². The summed E-state index contributed by atoms with van der Waals surface area (Å²) in [6, 6.07) is 9.96. The van der Waals surface area contributed by atoms with Crippen molar-refractivity contribution in [3.63, 3.8) is 0 Å². The summed E-state index contributed by atoms with van der Waals surface area (Å²) < 4.78 is 5.95. The number of piperazine rings is 1. The third-order valence-corrected chi connectivity index (χ3v) is 5.66. The molecule has 3 heterocycles. The normalized spacial score (nSPS) is 19.9. The van der Waals surface area contributed by atoms with Crippen LogP contribution in [0.3, 0.4) is 0 Å². The van der Waals surface area contributed by atoms with Gasteiger partial charge in [0.1, 0.15) is 5.75 Å². The zero-order valence-electron chi connectivity index (χ0n) is 17.1. The van der Waals surface area contributed by atoms with Crippen LogP contribution < -0.4 is 15.4 Å². The Bertz CT molecular complexity index is 866. The zero-order chi connectivity index (χ0) is 20.2. The van der Waals surface area contributed by atoms with E-state index in [2.05, 4.69) is 20.5 Å². The van der Waals surface area contributed by atoms with Crippen molar-refractivity contribution in [3.8, 4) is 11.6 Å². The van der Waals surface area contributed by atoms with Crippen LogP contribution in [-0.2, 0) is 0 Å². The molecule has 29 heavy (non-hydrogen) atoms. The largest absolute Gasteiger partial charge is 0.439 e. The molecule has 2 saturated heterocycles. The first-order valence-electron chi connectivity index (χ1n) is 10.3. The molecule has 7 heteroatoms. The highest BCUT2D eigenvalue weighted by atomic mass is 16.5. The number of aromatic nitrogens is 1. The molecule has 0 radical (unpaired) electrons. The molecule has 2 aliphatic heterocycles. The molecule has 1 aromatic carbocycles. The molecule has 1 atom stereocenters. The van der Waals surface area contributed by atoms with Crippen LogP contribution >= 0.6 is 0 Å². The van der Waals surface area contributed by atoms with Crippen LogP contribution in [0.1, 0.15) is 17.5 Å². The first-order valence-corrected chi connectivity index (χ1v) is 10.3. The van der Waals surface area contributed by atoms with E-state index < -0.39 is 0 Å². The van der Waals surface area contributed by atoms with E-state index in [1.165, 1.54) is 0 Å². The van der Waals surface area contributed by atoms with Crippen molar-refractivity contribution in [2.24, 2.45) is 0 Å². The highest BCUT2D eigenvalue weighted by molar-refractivity contribution is 5.89. The first-order chi connectivity index (χ1) is 14.1. The molecule has 154 valence electrons. The van der Waals surface area contributed by atoms with E-state index in [1.54, 1.807) is 6.20 Å². The topological polar surface area (TPSA) is 69.7 Å². The number of nitrogens with zero attached hydrogens (tertiary/aromatic N) is 3. The van der Waals surface area contributed by atoms with Crippen molar-refractivity contribution >= 4 is 11.7 Å². The molecule has 4 rings (SSSR count). The van der Waals surface area contributed by atoms with Gasteiger partial charge in [-0.05, 0) is 43.5 Å². The number of aryl methyl sites for hydroxylation is 2. The number of rotatable bonds is 4. The van der Waals surface area contributed by atoms with Gasteiger partial charge in [0.2, 0.25) is 5.88 Å². The Hall–Kier alpha value is -2.64. The number of carbonyl (C=O) groups excluding carboxylic acids is 1. The summed E-state index contributed by atoms with van der Waals surface area (Å²) in [6.45, 7) is 9.75. The zero-order valence-corrected chi connectivity index (χ0v) is 17.1. The number of nitrogens with one attached hydrogen (secondary N) is 2. The van der Waals surface area contributed by atoms with Crippen molar-refractivity contribution in [1.82, 2.24) is 20.1 Å². The molecule has 0 bridgehead atoms. The number of hydrogen-bond donors (Lipinski definition) is 2. The van der Waals surface area contributed by atoms with Crippen LogP contribution in [0.15, 0.2) is 36.5 Å². The number of anilines is 1. The summed E-state index contributed by atoms with van der Waals surface area (Å²) in [5.74, 6) is 1.25. The Morgan fingerprint density at radius 1 is 1.17 bits per heavy atom. The van der Waals surface area contributed by atoms with Gasteiger partial charge < -0.3 is 20.3 Å². The van der Waals surface area contributed by atoms with Crippen LogP contribution in [0.25, 0.3) is 0 Å². The monoisotopic (exact) mass is 395 g/mol. The average molecular weight is 396 g/mol. The molecule has 2 fully saturated rings. The molecular formula is C22H29N5O2. The minimum absolute atomic E-state index is 0.0499. The molecule has 2 N–H and O–H groups in total. The van der Waals surface area contributed by atoms with Crippen molar-refractivity contribution in [2.75, 3.05) is 44.6 Å². The van der Waals surface area contributed by atoms with E-state index in [0.29, 0.717) is 17.7 Å². The van der Waals surface area contributed by atoms with Crippen LogP contribution in [-0.4, -0.2) is 66.1 Å². The minimum Gasteiger partial charge on any atom is -0.439 e. The maximum atomic E-state index is 12.8. The number of benzene rings is 1. The third-order valence-electron chi connectivity index (χ3n) is 5.66. The second-order valence-corrected chi connectivity index (χ2v) is 7.86. The lowest BCUT2D eigenvalue weighted by molar-refractivity contribution is 0.172. The van der Waals surface area contributed by atoms with Gasteiger partial charge in [0.05, 0.1) is 0 Å². The molecule has 0 saturated carbocycles. The fourth-order valence-electron chi connectivity index (χ4n) is 3.94. The van der Waals surface area contributed by atoms with Crippen molar-refractivity contribution in [1.29, 1.82) is 0 Å². The van der Waals surface area contributed by atoms with Gasteiger partial charge in [-0.2, -0.15) is 0 Å². The highest BCUT2D eigenvalue weighted by Gasteiger charge is 2.31. The van der Waals surface area contributed by atoms with Crippen molar-refractivity contribution in [2.45, 2.75) is 26.3 Å². The van der Waals surface area contributed by atoms with Gasteiger partial charge >= 0.3 is 6.03 Å². The van der Waals surface area contributed by atoms with Gasteiger partial charge in [0.15, 0.2) is 0 Å². The molecule has 2 amide bonds. The number of urea groups is 1. The predicted molar refractivity (Wildman–Crippen MR) is 114 cm³/mol. The fraction of sp³-hybridized carbons (Fsp3) is 0.455. The summed E-state index contributed by atoms with van der Waals surface area (Å²) >= 11 is 0. The highest BCUT2D eigenvalue weighted by Crippen LogP contribution is 2.28. The van der Waals surface area contributed by atoms with E-state index in [-0.39, 0.29) is 6.03 Å². The van der Waals surface area contributed by atoms with Gasteiger partial charge in [0, 0.05) is 69.3 Å². The van der Waals surface area contributed by atoms with E-state index in [0.717, 1.165) is 62.5 Å². The molecule has 7 nitrogen and oxygen atoms in total. The standard InChI is InChI=1S/C22H29N5O2/c1-16-5-7-24-21(13-16)29-20-14-18(4-3-17(20)2)25-22(28)27-10-6-19(15-27)26-11-8-23-9-12-26/h3-5,7,13-14,19,23H,6,8-12,15H2,1-2H3,(H,25,28). The summed E-state index contributed by atoms with van der Waals surface area (Å²) in [6.07, 6.45) is 2.77. The lowest BCUT2D eigenvalue weighted by Crippen LogP contribution is -2.49. The molecule has 1 aromatic heterocycles. The molecule has 2 aromatic rings. The summed E-state index contributed by atoms with van der Waals surface area (Å²) in [4.78, 5) is 21.4. The quantitative estimate of drug-likeness (QED) is 0.833. The van der Waals surface area contributed by atoms with E-state index in [4.69, 9.17) is 4.74 Å². The number of ether oxygens (including phenoxy) is 1. The van der Waals surface area contributed by atoms with Gasteiger partial charge in [-0.3, -0.25) is 4.90 Å². The smallest absolute Gasteiger partial charge is 0.321 e. The number of hydrogen-bond acceptors (Lipinski definition) is 5. The van der Waals surface area contributed by atoms with Gasteiger partial charge in [0.25, 0.3) is 0 Å². The lowest BCUT2D eigenvalue weighted by Gasteiger charge is -2.32. The summed E-state index contributed by atoms with van der Waals surface area (Å²) in [5.41, 5.74) is 2.81. The maximum absolute atomic E-state index is 12.8. The summed E-state index contributed by atoms with van der Waals surface area (Å²) in [5, 5.41) is 6.41. The number of carbonyl (C=O) groups is 1. The van der Waals surface area contributed by atoms with Gasteiger partial charge in [-0.1, -0.05) is 6.07 Å². The van der Waals surface area contributed by atoms with E-state index in [1.807, 2.05) is 49.1 Å². The molecule has 0 spiro atoms. The Balaban J connectivity index is 1.38. The number of likely N-dealkylation sites (tertiary alicyclic amines) is 1. The van der Waals surface area contributed by atoms with Gasteiger partial charge in [-0.15, -0.1) is 0 Å². The van der Waals surface area contributed by atoms with Crippen LogP contribution in [0.5, 0.6) is 11.6 Å². The predicted octanol–water partition coefficient (Wildman–Crippen LogP) is 3.00. The van der Waals surface area contributed by atoms with Crippen LogP contribution in [0.2, 0.25) is 0 Å². The van der Waals surface area contributed by atoms with E-state index >= 15 is 0 Å². The first kappa shape index (κ1) is 19.7. The Kier molecular flexibility index (Phi) is 5.97. The average Bonchev–Trinajstić information content (AvgIpc) is 3.22. The Morgan fingerprint density at radius 3 is 2.79 bits per heavy atom. The van der Waals surface area contributed by atoms with Crippen molar-refractivity contribution < 1.29 is 9.53 Å². The summed E-state index contributed by atoms with van der Waals surface area (Å²) in [7, 11) is 0. The maximum Gasteiger partial charge on any atom is 0.321 e. The second-order valence-electron chi connectivity index (χ2n) is 7.86. The second kappa shape index (κ2) is 8.80. The van der Waals surface area contributed by atoms with Gasteiger partial charge in [-0.25, -0.2) is 9.78 Å². The number of amides is 2. The Morgan fingerprint density at radius 2 is 2.00 bits per heavy atom. The molecule has 0 aliphatic carbocycles. The Labute approximate surface area is 172 Å². The fourth-order valence-corrected chi connectivity index (χ4v) is 3.94. The lowest BCUT2D eigenvalue weighted by atomic mass is 10.2. The van der Waals surface area contributed by atoms with Crippen LogP contribution in [0.4, 0.5) is 10.5 Å². The number of pyridine rings is 1. The molecular weight excluding hydrogens is 366 g/mol. The molecule has 2 aliphatic rings. The molecule has 1 unspecified atom stereocenters. The third kappa shape index (κ3) is 4.86. The SMILES string of the molecule is Cc1ccnc(Oc2cc(NC(=O)N3CCC(N4CCNCC4)C3)ccc2C)c1. The van der Waals surface area contributed by atoms with Crippen LogP contribution in [0, 0.1) is 13.8 Å². The van der Waals surface area contributed by atoms with E-state index in [9.17, 15) is 4.79 Å².